The van der Waals surface area contributed by atoms with Crippen LogP contribution >= 0.6 is 27.5 Å². The van der Waals surface area contributed by atoms with E-state index in [0.717, 1.165) is 15.8 Å². The lowest BCUT2D eigenvalue weighted by Gasteiger charge is -2.08. The summed E-state index contributed by atoms with van der Waals surface area (Å²) in [6.45, 7) is 2.00. The minimum absolute atomic E-state index is 0.616. The first-order valence-electron chi connectivity index (χ1n) is 4.85. The molecule has 16 heavy (non-hydrogen) atoms. The molecule has 0 saturated carbocycles. The Hall–Kier alpha value is -0.990. The number of ether oxygens (including phenoxy) is 1. The van der Waals surface area contributed by atoms with Crippen LogP contribution in [0.3, 0.4) is 0 Å². The van der Waals surface area contributed by atoms with Crippen LogP contribution in [0.25, 0.3) is 0 Å². The number of hydrogen-bond acceptors (Lipinski definition) is 1. The standard InChI is InChI=1S/C13H10BrClO/c1-9-5-6-12(15)13(7-9)16-11-4-2-3-10(14)8-11/h2-8H,1H3. The van der Waals surface area contributed by atoms with Crippen molar-refractivity contribution in [3.05, 3.63) is 57.5 Å². The highest BCUT2D eigenvalue weighted by atomic mass is 79.9. The van der Waals surface area contributed by atoms with Gasteiger partial charge in [0.05, 0.1) is 5.02 Å². The predicted molar refractivity (Wildman–Crippen MR) is 70.4 cm³/mol. The molecule has 1 nitrogen and oxygen atoms in total. The van der Waals surface area contributed by atoms with E-state index < -0.39 is 0 Å². The van der Waals surface area contributed by atoms with Crippen LogP contribution in [0.1, 0.15) is 5.56 Å². The van der Waals surface area contributed by atoms with E-state index in [1.165, 1.54) is 0 Å². The highest BCUT2D eigenvalue weighted by Gasteiger charge is 2.03. The Morgan fingerprint density at radius 2 is 1.94 bits per heavy atom. The Morgan fingerprint density at radius 3 is 2.69 bits per heavy atom. The molecule has 2 aromatic rings. The Morgan fingerprint density at radius 1 is 1.12 bits per heavy atom. The van der Waals surface area contributed by atoms with Crippen molar-refractivity contribution in [2.24, 2.45) is 0 Å². The monoisotopic (exact) mass is 296 g/mol. The van der Waals surface area contributed by atoms with Crippen molar-refractivity contribution in [3.63, 3.8) is 0 Å². The van der Waals surface area contributed by atoms with E-state index in [1.54, 1.807) is 0 Å². The van der Waals surface area contributed by atoms with E-state index >= 15 is 0 Å². The summed E-state index contributed by atoms with van der Waals surface area (Å²) in [5, 5.41) is 0.616. The number of rotatable bonds is 2. The summed E-state index contributed by atoms with van der Waals surface area (Å²) < 4.78 is 6.69. The molecule has 2 rings (SSSR count). The largest absolute Gasteiger partial charge is 0.456 e. The van der Waals surface area contributed by atoms with Gasteiger partial charge in [0, 0.05) is 4.47 Å². The third kappa shape index (κ3) is 2.77. The van der Waals surface area contributed by atoms with Crippen LogP contribution in [0.5, 0.6) is 11.5 Å². The van der Waals surface area contributed by atoms with Gasteiger partial charge in [0.15, 0.2) is 0 Å². The Balaban J connectivity index is 2.30. The van der Waals surface area contributed by atoms with Crippen molar-refractivity contribution in [1.82, 2.24) is 0 Å². The molecule has 2 aromatic carbocycles. The summed E-state index contributed by atoms with van der Waals surface area (Å²) >= 11 is 9.44. The van der Waals surface area contributed by atoms with Crippen LogP contribution in [-0.4, -0.2) is 0 Å². The Bertz CT molecular complexity index is 511. The van der Waals surface area contributed by atoms with Gasteiger partial charge in [0.2, 0.25) is 0 Å². The van der Waals surface area contributed by atoms with Crippen molar-refractivity contribution in [1.29, 1.82) is 0 Å². The molecule has 0 N–H and O–H groups in total. The molecular weight excluding hydrogens is 287 g/mol. The number of halogens is 2. The second kappa shape index (κ2) is 4.89. The van der Waals surface area contributed by atoms with Gasteiger partial charge in [-0.15, -0.1) is 0 Å². The fraction of sp³-hybridized carbons (Fsp3) is 0.0769. The summed E-state index contributed by atoms with van der Waals surface area (Å²) in [5.41, 5.74) is 1.12. The van der Waals surface area contributed by atoms with E-state index in [4.69, 9.17) is 16.3 Å². The minimum Gasteiger partial charge on any atom is -0.456 e. The van der Waals surface area contributed by atoms with Crippen molar-refractivity contribution in [2.75, 3.05) is 0 Å². The first-order valence-corrected chi connectivity index (χ1v) is 6.02. The van der Waals surface area contributed by atoms with E-state index in [0.29, 0.717) is 10.8 Å². The van der Waals surface area contributed by atoms with Gasteiger partial charge in [-0.1, -0.05) is 39.7 Å². The average Bonchev–Trinajstić information content (AvgIpc) is 2.24. The van der Waals surface area contributed by atoms with Crippen LogP contribution in [0.15, 0.2) is 46.9 Å². The molecule has 0 aromatic heterocycles. The smallest absolute Gasteiger partial charge is 0.146 e. The molecule has 0 aliphatic heterocycles. The molecule has 0 unspecified atom stereocenters. The highest BCUT2D eigenvalue weighted by molar-refractivity contribution is 9.10. The molecule has 0 amide bonds. The topological polar surface area (TPSA) is 9.23 Å². The van der Waals surface area contributed by atoms with Crippen LogP contribution in [0, 0.1) is 6.92 Å². The van der Waals surface area contributed by atoms with Crippen LogP contribution < -0.4 is 4.74 Å². The molecule has 0 fully saturated rings. The normalized spacial score (nSPS) is 10.2. The number of aryl methyl sites for hydroxylation is 1. The van der Waals surface area contributed by atoms with Crippen LogP contribution in [0.2, 0.25) is 5.02 Å². The first kappa shape index (κ1) is 11.5. The van der Waals surface area contributed by atoms with Crippen LogP contribution in [0.4, 0.5) is 0 Å². The summed E-state index contributed by atoms with van der Waals surface area (Å²) in [5.74, 6) is 1.45. The predicted octanol–water partition coefficient (Wildman–Crippen LogP) is 5.20. The minimum atomic E-state index is 0.616. The van der Waals surface area contributed by atoms with Gasteiger partial charge >= 0.3 is 0 Å². The second-order valence-corrected chi connectivity index (χ2v) is 4.82. The van der Waals surface area contributed by atoms with Gasteiger partial charge in [-0.05, 0) is 42.8 Å². The lowest BCUT2D eigenvalue weighted by molar-refractivity contribution is 0.482. The molecule has 0 radical (unpaired) electrons. The highest BCUT2D eigenvalue weighted by Crippen LogP contribution is 2.31. The SMILES string of the molecule is Cc1ccc(Cl)c(Oc2cccc(Br)c2)c1. The van der Waals surface area contributed by atoms with Gasteiger partial charge in [-0.2, -0.15) is 0 Å². The number of hydrogen-bond donors (Lipinski definition) is 0. The maximum atomic E-state index is 6.05. The maximum absolute atomic E-state index is 6.05. The van der Waals surface area contributed by atoms with Gasteiger partial charge in [0.1, 0.15) is 11.5 Å². The molecule has 0 saturated heterocycles. The summed E-state index contributed by atoms with van der Waals surface area (Å²) in [4.78, 5) is 0. The zero-order chi connectivity index (χ0) is 11.5. The third-order valence-electron chi connectivity index (χ3n) is 2.11. The molecule has 0 aliphatic carbocycles. The maximum Gasteiger partial charge on any atom is 0.146 e. The zero-order valence-corrected chi connectivity index (χ0v) is 11.0. The van der Waals surface area contributed by atoms with Crippen molar-refractivity contribution in [2.45, 2.75) is 6.92 Å². The van der Waals surface area contributed by atoms with Gasteiger partial charge < -0.3 is 4.74 Å². The summed E-state index contributed by atoms with van der Waals surface area (Å²) in [6.07, 6.45) is 0. The molecular formula is C13H10BrClO. The molecule has 0 atom stereocenters. The summed E-state index contributed by atoms with van der Waals surface area (Å²) in [7, 11) is 0. The summed E-state index contributed by atoms with van der Waals surface area (Å²) in [6, 6.07) is 13.4. The van der Waals surface area contributed by atoms with Crippen molar-refractivity contribution in [3.8, 4) is 11.5 Å². The zero-order valence-electron chi connectivity index (χ0n) is 8.71. The van der Waals surface area contributed by atoms with E-state index in [9.17, 15) is 0 Å². The van der Waals surface area contributed by atoms with E-state index in [2.05, 4.69) is 15.9 Å². The molecule has 0 aliphatic rings. The van der Waals surface area contributed by atoms with Gasteiger partial charge in [-0.3, -0.25) is 0 Å². The van der Waals surface area contributed by atoms with Crippen LogP contribution in [-0.2, 0) is 0 Å². The number of benzene rings is 2. The Labute approximate surface area is 108 Å². The average molecular weight is 298 g/mol. The quantitative estimate of drug-likeness (QED) is 0.740. The lowest BCUT2D eigenvalue weighted by atomic mass is 10.2. The van der Waals surface area contributed by atoms with Gasteiger partial charge in [-0.25, -0.2) is 0 Å². The molecule has 0 heterocycles. The fourth-order valence-electron chi connectivity index (χ4n) is 1.35. The Kier molecular flexibility index (Phi) is 3.52. The molecule has 82 valence electrons. The first-order chi connectivity index (χ1) is 7.65. The van der Waals surface area contributed by atoms with Crippen molar-refractivity contribution >= 4 is 27.5 Å². The van der Waals surface area contributed by atoms with Gasteiger partial charge in [0.25, 0.3) is 0 Å². The van der Waals surface area contributed by atoms with E-state index in [1.807, 2.05) is 49.4 Å². The fourth-order valence-corrected chi connectivity index (χ4v) is 1.88. The van der Waals surface area contributed by atoms with E-state index in [-0.39, 0.29) is 0 Å². The second-order valence-electron chi connectivity index (χ2n) is 3.49. The third-order valence-corrected chi connectivity index (χ3v) is 2.92. The molecule has 0 spiro atoms. The molecule has 3 heteroatoms. The van der Waals surface area contributed by atoms with Crippen molar-refractivity contribution < 1.29 is 4.74 Å². The molecule has 0 bridgehead atoms. The lowest BCUT2D eigenvalue weighted by Crippen LogP contribution is -1.86.